The van der Waals surface area contributed by atoms with E-state index in [1.807, 2.05) is 31.3 Å². The van der Waals surface area contributed by atoms with Crippen molar-refractivity contribution in [3.8, 4) is 0 Å². The van der Waals surface area contributed by atoms with Crippen molar-refractivity contribution in [2.24, 2.45) is 0 Å². The van der Waals surface area contributed by atoms with Crippen LogP contribution in [0.3, 0.4) is 0 Å². The lowest BCUT2D eigenvalue weighted by Crippen LogP contribution is -2.46. The molecule has 1 aliphatic carbocycles. The molecule has 0 saturated heterocycles. The quantitative estimate of drug-likeness (QED) is 0.852. The number of rotatable bonds is 3. The second-order valence-electron chi connectivity index (χ2n) is 6.44. The Bertz CT molecular complexity index is 518. The lowest BCUT2D eigenvalue weighted by molar-refractivity contribution is 0.0972. The molecular weight excluding hydrogens is 292 g/mol. The fraction of sp³-hybridized carbons (Fsp3) is 0.556. The highest BCUT2D eigenvalue weighted by Crippen LogP contribution is 2.21. The summed E-state index contributed by atoms with van der Waals surface area (Å²) in [7, 11) is 1.99. The monoisotopic (exact) mass is 318 g/mol. The van der Waals surface area contributed by atoms with Gasteiger partial charge in [-0.15, -0.1) is 0 Å². The Morgan fingerprint density at radius 1 is 1.18 bits per heavy atom. The topological polar surface area (TPSA) is 32.3 Å². The van der Waals surface area contributed by atoms with E-state index in [2.05, 4.69) is 24.1 Å². The van der Waals surface area contributed by atoms with Crippen LogP contribution in [0, 0.1) is 0 Å². The largest absolute Gasteiger partial charge is 0.349 e. The van der Waals surface area contributed by atoms with Crippen LogP contribution in [0.15, 0.2) is 24.3 Å². The summed E-state index contributed by atoms with van der Waals surface area (Å²) in [4.78, 5) is 14.3. The smallest absolute Gasteiger partial charge is 0.257 e. The molecule has 0 unspecified atom stereocenters. The number of amides is 1. The number of benzene rings is 1. The maximum absolute atomic E-state index is 12.3. The molecule has 4 heteroatoms. The van der Waals surface area contributed by atoms with Crippen molar-refractivity contribution in [1.82, 2.24) is 10.2 Å². The van der Waals surface area contributed by atoms with E-state index in [0.29, 0.717) is 22.6 Å². The Morgan fingerprint density at radius 2 is 1.77 bits per heavy atom. The van der Waals surface area contributed by atoms with Crippen LogP contribution in [0.4, 0.5) is 0 Å². The summed E-state index contributed by atoms with van der Waals surface area (Å²) >= 11 is 5.40. The van der Waals surface area contributed by atoms with Gasteiger partial charge in [0.2, 0.25) is 0 Å². The number of hydrogen-bond donors (Lipinski definition) is 1. The number of carbonyl (C=O) groups is 1. The van der Waals surface area contributed by atoms with E-state index < -0.39 is 0 Å². The summed E-state index contributed by atoms with van der Waals surface area (Å²) in [6.07, 6.45) is 6.14. The molecule has 0 radical (unpaired) electrons. The Kier molecular flexibility index (Phi) is 5.95. The van der Waals surface area contributed by atoms with Gasteiger partial charge in [-0.2, -0.15) is 0 Å². The van der Waals surface area contributed by atoms with E-state index in [1.165, 1.54) is 24.8 Å². The number of nitrogens with zero attached hydrogens (tertiary/aromatic N) is 1. The van der Waals surface area contributed by atoms with Gasteiger partial charge in [0.1, 0.15) is 0 Å². The van der Waals surface area contributed by atoms with Crippen LogP contribution < -0.4 is 5.32 Å². The van der Waals surface area contributed by atoms with Gasteiger partial charge in [0.25, 0.3) is 5.91 Å². The summed E-state index contributed by atoms with van der Waals surface area (Å²) in [5.74, 6) is 0.346. The zero-order valence-corrected chi connectivity index (χ0v) is 14.6. The van der Waals surface area contributed by atoms with Crippen LogP contribution >= 0.6 is 12.2 Å². The average molecular weight is 318 g/mol. The van der Waals surface area contributed by atoms with E-state index >= 15 is 0 Å². The highest BCUT2D eigenvalue weighted by Gasteiger charge is 2.21. The fourth-order valence-electron chi connectivity index (χ4n) is 2.91. The van der Waals surface area contributed by atoms with Crippen LogP contribution in [0.2, 0.25) is 0 Å². The van der Waals surface area contributed by atoms with Gasteiger partial charge in [-0.3, -0.25) is 10.1 Å². The maximum Gasteiger partial charge on any atom is 0.257 e. The molecule has 3 nitrogen and oxygen atoms in total. The normalized spacial score (nSPS) is 15.6. The van der Waals surface area contributed by atoms with Crippen LogP contribution in [0.1, 0.15) is 67.8 Å². The van der Waals surface area contributed by atoms with Crippen molar-refractivity contribution < 1.29 is 4.79 Å². The fourth-order valence-corrected chi connectivity index (χ4v) is 3.15. The Hall–Kier alpha value is -1.42. The number of thiocarbonyl (C=S) groups is 1. The van der Waals surface area contributed by atoms with Crippen molar-refractivity contribution in [2.45, 2.75) is 57.9 Å². The first kappa shape index (κ1) is 16.9. The zero-order chi connectivity index (χ0) is 16.1. The first-order valence-electron chi connectivity index (χ1n) is 8.17. The second kappa shape index (κ2) is 7.73. The molecule has 120 valence electrons. The van der Waals surface area contributed by atoms with Crippen molar-refractivity contribution in [1.29, 1.82) is 0 Å². The highest BCUT2D eigenvalue weighted by atomic mass is 32.1. The molecule has 2 rings (SSSR count). The summed E-state index contributed by atoms with van der Waals surface area (Å²) in [6, 6.07) is 8.22. The van der Waals surface area contributed by atoms with Crippen molar-refractivity contribution in [3.05, 3.63) is 35.4 Å². The van der Waals surface area contributed by atoms with E-state index in [-0.39, 0.29) is 5.91 Å². The van der Waals surface area contributed by atoms with E-state index in [4.69, 9.17) is 12.2 Å². The van der Waals surface area contributed by atoms with Gasteiger partial charge < -0.3 is 4.90 Å². The van der Waals surface area contributed by atoms with Crippen molar-refractivity contribution >= 4 is 23.2 Å². The van der Waals surface area contributed by atoms with Gasteiger partial charge >= 0.3 is 0 Å². The van der Waals surface area contributed by atoms with Crippen molar-refractivity contribution in [3.63, 3.8) is 0 Å². The molecule has 1 aliphatic rings. The minimum Gasteiger partial charge on any atom is -0.349 e. The van der Waals surface area contributed by atoms with Crippen LogP contribution in [-0.2, 0) is 0 Å². The first-order chi connectivity index (χ1) is 10.5. The molecule has 1 N–H and O–H groups in total. The Balaban J connectivity index is 1.94. The molecule has 0 spiro atoms. The van der Waals surface area contributed by atoms with Crippen LogP contribution in [-0.4, -0.2) is 29.0 Å². The summed E-state index contributed by atoms with van der Waals surface area (Å²) in [6.45, 7) is 4.28. The Labute approximate surface area is 139 Å². The molecule has 0 atom stereocenters. The van der Waals surface area contributed by atoms with E-state index in [9.17, 15) is 4.79 Å². The molecule has 1 saturated carbocycles. The molecule has 0 bridgehead atoms. The van der Waals surface area contributed by atoms with E-state index in [0.717, 1.165) is 12.8 Å². The first-order valence-corrected chi connectivity index (χ1v) is 8.58. The Morgan fingerprint density at radius 3 is 2.32 bits per heavy atom. The predicted molar refractivity (Wildman–Crippen MR) is 95.2 cm³/mol. The van der Waals surface area contributed by atoms with Crippen LogP contribution in [0.5, 0.6) is 0 Å². The SMILES string of the molecule is CC(C)c1ccc(C(=O)NC(=S)N(C)C2CCCCC2)cc1. The second-order valence-corrected chi connectivity index (χ2v) is 6.83. The van der Waals surface area contributed by atoms with Gasteiger partial charge in [0, 0.05) is 18.7 Å². The molecule has 22 heavy (non-hydrogen) atoms. The average Bonchev–Trinajstić information content (AvgIpc) is 2.54. The molecule has 0 aromatic heterocycles. The number of carbonyl (C=O) groups excluding carboxylic acids is 1. The number of nitrogens with one attached hydrogen (secondary N) is 1. The zero-order valence-electron chi connectivity index (χ0n) is 13.8. The third kappa shape index (κ3) is 4.29. The minimum absolute atomic E-state index is 0.122. The molecule has 0 aliphatic heterocycles. The predicted octanol–water partition coefficient (Wildman–Crippen LogP) is 4.09. The molecule has 1 amide bonds. The van der Waals surface area contributed by atoms with Gasteiger partial charge in [0.05, 0.1) is 0 Å². The third-order valence-electron chi connectivity index (χ3n) is 4.50. The summed E-state index contributed by atoms with van der Waals surface area (Å²) in [5, 5.41) is 3.39. The third-order valence-corrected chi connectivity index (χ3v) is 4.89. The highest BCUT2D eigenvalue weighted by molar-refractivity contribution is 7.80. The maximum atomic E-state index is 12.3. The van der Waals surface area contributed by atoms with Crippen molar-refractivity contribution in [2.75, 3.05) is 7.05 Å². The van der Waals surface area contributed by atoms with Gasteiger partial charge in [-0.1, -0.05) is 45.2 Å². The standard InChI is InChI=1S/C18H26N2OS/c1-13(2)14-9-11-15(12-10-14)17(21)19-18(22)20(3)16-7-5-4-6-8-16/h9-13,16H,4-8H2,1-3H3,(H,19,21,22). The minimum atomic E-state index is -0.122. The molecule has 0 heterocycles. The molecule has 1 fully saturated rings. The molecule has 1 aromatic rings. The summed E-state index contributed by atoms with van der Waals surface area (Å²) in [5.41, 5.74) is 1.89. The van der Waals surface area contributed by atoms with E-state index in [1.54, 1.807) is 0 Å². The lowest BCUT2D eigenvalue weighted by atomic mass is 9.95. The van der Waals surface area contributed by atoms with Gasteiger partial charge in [-0.05, 0) is 48.7 Å². The molecule has 1 aromatic carbocycles. The number of hydrogen-bond acceptors (Lipinski definition) is 2. The van der Waals surface area contributed by atoms with Crippen LogP contribution in [0.25, 0.3) is 0 Å². The molecular formula is C18H26N2OS. The summed E-state index contributed by atoms with van der Waals surface area (Å²) < 4.78 is 0. The van der Waals surface area contributed by atoms with Gasteiger partial charge in [-0.25, -0.2) is 0 Å². The van der Waals surface area contributed by atoms with Gasteiger partial charge in [0.15, 0.2) is 5.11 Å². The lowest BCUT2D eigenvalue weighted by Gasteiger charge is -2.32.